The molecule has 0 unspecified atom stereocenters. The zero-order valence-electron chi connectivity index (χ0n) is 13.5. The van der Waals surface area contributed by atoms with Gasteiger partial charge in [-0.25, -0.2) is 0 Å². The van der Waals surface area contributed by atoms with Gasteiger partial charge in [0.1, 0.15) is 0 Å². The van der Waals surface area contributed by atoms with E-state index in [1.54, 1.807) is 0 Å². The fraction of sp³-hybridized carbons (Fsp3) is 0.0455. The molecule has 1 aliphatic carbocycles. The van der Waals surface area contributed by atoms with E-state index < -0.39 is 0 Å². The van der Waals surface area contributed by atoms with Crippen molar-refractivity contribution in [2.75, 3.05) is 0 Å². The number of hydrogen-bond acceptors (Lipinski definition) is 1. The number of Topliss-reactive ketones (excluding diaryl/α,β-unsaturated/α-hetero) is 1. The summed E-state index contributed by atoms with van der Waals surface area (Å²) in [6.45, 7) is 2.03. The summed E-state index contributed by atoms with van der Waals surface area (Å²) in [5, 5.41) is 1.32. The maximum atomic E-state index is 13.1. The second-order valence-electron chi connectivity index (χ2n) is 6.14. The number of ketones is 1. The van der Waals surface area contributed by atoms with Gasteiger partial charge in [0.2, 0.25) is 0 Å². The van der Waals surface area contributed by atoms with Crippen molar-refractivity contribution >= 4 is 40.1 Å². The predicted molar refractivity (Wildman–Crippen MR) is 104 cm³/mol. The van der Waals surface area contributed by atoms with Gasteiger partial charge in [-0.1, -0.05) is 71.2 Å². The normalized spacial score (nSPS) is 13.3. The van der Waals surface area contributed by atoms with Gasteiger partial charge in [-0.05, 0) is 47.9 Å². The first-order valence-corrected chi connectivity index (χ1v) is 8.72. The number of aryl methyl sites for hydroxylation is 1. The Morgan fingerprint density at radius 3 is 1.72 bits per heavy atom. The monoisotopic (exact) mass is 364 g/mol. The largest absolute Gasteiger partial charge is 0.289 e. The van der Waals surface area contributed by atoms with E-state index in [2.05, 4.69) is 6.07 Å². The van der Waals surface area contributed by atoms with Crippen molar-refractivity contribution in [2.45, 2.75) is 6.92 Å². The summed E-state index contributed by atoms with van der Waals surface area (Å²) in [6.07, 6.45) is 0. The molecule has 3 aromatic carbocycles. The molecule has 0 saturated heterocycles. The average molecular weight is 365 g/mol. The van der Waals surface area contributed by atoms with Crippen LogP contribution >= 0.6 is 23.2 Å². The Hall–Kier alpha value is -2.35. The van der Waals surface area contributed by atoms with Crippen LogP contribution < -0.4 is 0 Å². The molecule has 0 saturated carbocycles. The highest BCUT2D eigenvalue weighted by Crippen LogP contribution is 2.42. The third kappa shape index (κ3) is 2.80. The van der Waals surface area contributed by atoms with Crippen LogP contribution in [0.5, 0.6) is 0 Å². The fourth-order valence-corrected chi connectivity index (χ4v) is 3.51. The summed E-state index contributed by atoms with van der Waals surface area (Å²) in [7, 11) is 0. The Kier molecular flexibility index (Phi) is 3.99. The molecule has 0 aliphatic heterocycles. The van der Waals surface area contributed by atoms with Crippen LogP contribution in [0.3, 0.4) is 0 Å². The van der Waals surface area contributed by atoms with Crippen LogP contribution in [0.1, 0.15) is 32.6 Å². The summed E-state index contributed by atoms with van der Waals surface area (Å²) in [4.78, 5) is 13.1. The first-order chi connectivity index (χ1) is 12.0. The summed E-state index contributed by atoms with van der Waals surface area (Å²) in [6, 6.07) is 21.0. The molecule has 1 nitrogen and oxygen atoms in total. The number of carbonyl (C=O) groups excluding carboxylic acids is 1. The van der Waals surface area contributed by atoms with Crippen molar-refractivity contribution in [3.05, 3.63) is 105 Å². The van der Waals surface area contributed by atoms with Gasteiger partial charge in [0, 0.05) is 26.8 Å². The predicted octanol–water partition coefficient (Wildman–Crippen LogP) is 6.46. The van der Waals surface area contributed by atoms with Gasteiger partial charge in [-0.3, -0.25) is 4.79 Å². The molecule has 0 aromatic heterocycles. The first-order valence-electron chi connectivity index (χ1n) is 7.96. The Bertz CT molecular complexity index is 1010. The van der Waals surface area contributed by atoms with Gasteiger partial charge >= 0.3 is 0 Å². The Morgan fingerprint density at radius 2 is 1.16 bits per heavy atom. The van der Waals surface area contributed by atoms with Gasteiger partial charge < -0.3 is 0 Å². The summed E-state index contributed by atoms with van der Waals surface area (Å²) in [5.74, 6) is 0.0438. The molecule has 0 fully saturated rings. The highest BCUT2D eigenvalue weighted by atomic mass is 35.5. The zero-order chi connectivity index (χ0) is 17.6. The quantitative estimate of drug-likeness (QED) is 0.510. The maximum Gasteiger partial charge on any atom is 0.194 e. The minimum absolute atomic E-state index is 0.0438. The zero-order valence-corrected chi connectivity index (χ0v) is 15.0. The molecule has 3 heteroatoms. The van der Waals surface area contributed by atoms with Crippen molar-refractivity contribution < 1.29 is 4.79 Å². The lowest BCUT2D eigenvalue weighted by Gasteiger charge is -2.09. The van der Waals surface area contributed by atoms with Crippen molar-refractivity contribution in [1.29, 1.82) is 0 Å². The van der Waals surface area contributed by atoms with E-state index >= 15 is 0 Å². The third-order valence-corrected chi connectivity index (χ3v) is 4.94. The van der Waals surface area contributed by atoms with Crippen LogP contribution in [0.2, 0.25) is 10.0 Å². The second-order valence-corrected chi connectivity index (χ2v) is 7.01. The van der Waals surface area contributed by atoms with E-state index in [1.807, 2.05) is 67.6 Å². The summed E-state index contributed by atoms with van der Waals surface area (Å²) >= 11 is 12.1. The second kappa shape index (κ2) is 6.18. The lowest BCUT2D eigenvalue weighted by molar-refractivity contribution is 0.105. The van der Waals surface area contributed by atoms with Crippen molar-refractivity contribution in [3.8, 4) is 0 Å². The van der Waals surface area contributed by atoms with Crippen LogP contribution in [-0.4, -0.2) is 5.78 Å². The topological polar surface area (TPSA) is 17.1 Å². The Morgan fingerprint density at radius 1 is 0.640 bits per heavy atom. The molecular formula is C22H14Cl2O. The number of fused-ring (bicyclic) bond motifs is 1. The van der Waals surface area contributed by atoms with Crippen LogP contribution in [0, 0.1) is 6.92 Å². The van der Waals surface area contributed by atoms with E-state index in [-0.39, 0.29) is 5.78 Å². The Labute approximate surface area is 156 Å². The SMILES string of the molecule is Cc1ccc2c(c1)C(c1ccc(Cl)cc1)=C(c1ccc(Cl)cc1)C2=O. The van der Waals surface area contributed by atoms with Crippen molar-refractivity contribution in [2.24, 2.45) is 0 Å². The minimum Gasteiger partial charge on any atom is -0.289 e. The van der Waals surface area contributed by atoms with Crippen molar-refractivity contribution in [1.82, 2.24) is 0 Å². The molecule has 0 bridgehead atoms. The molecular weight excluding hydrogens is 351 g/mol. The molecule has 1 aliphatic rings. The highest BCUT2D eigenvalue weighted by Gasteiger charge is 2.31. The first kappa shape index (κ1) is 16.1. The van der Waals surface area contributed by atoms with E-state index in [4.69, 9.17) is 23.2 Å². The minimum atomic E-state index is 0.0438. The fourth-order valence-electron chi connectivity index (χ4n) is 3.25. The molecule has 0 spiro atoms. The van der Waals surface area contributed by atoms with Crippen LogP contribution in [0.25, 0.3) is 11.1 Å². The molecule has 0 heterocycles. The van der Waals surface area contributed by atoms with Crippen LogP contribution in [0.4, 0.5) is 0 Å². The molecule has 122 valence electrons. The van der Waals surface area contributed by atoms with Gasteiger partial charge in [-0.15, -0.1) is 0 Å². The van der Waals surface area contributed by atoms with Gasteiger partial charge in [0.05, 0.1) is 0 Å². The lowest BCUT2D eigenvalue weighted by atomic mass is 9.94. The molecule has 3 aromatic rings. The standard InChI is InChI=1S/C22H14Cl2O/c1-13-2-11-18-19(12-13)20(14-3-7-16(23)8-4-14)21(22(18)25)15-5-9-17(24)10-6-15/h2-12H,1H3. The lowest BCUT2D eigenvalue weighted by Crippen LogP contribution is -1.98. The van der Waals surface area contributed by atoms with E-state index in [1.165, 1.54) is 0 Å². The van der Waals surface area contributed by atoms with E-state index in [0.717, 1.165) is 33.4 Å². The highest BCUT2D eigenvalue weighted by molar-refractivity contribution is 6.41. The molecule has 0 amide bonds. The number of hydrogen-bond donors (Lipinski definition) is 0. The molecule has 25 heavy (non-hydrogen) atoms. The van der Waals surface area contributed by atoms with Crippen LogP contribution in [-0.2, 0) is 0 Å². The number of carbonyl (C=O) groups is 1. The molecule has 0 atom stereocenters. The molecule has 0 radical (unpaired) electrons. The Balaban J connectivity index is 2.02. The maximum absolute atomic E-state index is 13.1. The number of allylic oxidation sites excluding steroid dienone is 1. The van der Waals surface area contributed by atoms with E-state index in [9.17, 15) is 4.79 Å². The molecule has 0 N–H and O–H groups in total. The summed E-state index contributed by atoms with van der Waals surface area (Å²) in [5.41, 5.74) is 6.33. The van der Waals surface area contributed by atoms with Gasteiger partial charge in [0.15, 0.2) is 5.78 Å². The number of halogens is 2. The van der Waals surface area contributed by atoms with Crippen LogP contribution in [0.15, 0.2) is 66.7 Å². The van der Waals surface area contributed by atoms with E-state index in [0.29, 0.717) is 15.6 Å². The number of benzene rings is 3. The smallest absolute Gasteiger partial charge is 0.194 e. The van der Waals surface area contributed by atoms with Crippen molar-refractivity contribution in [3.63, 3.8) is 0 Å². The third-order valence-electron chi connectivity index (χ3n) is 4.43. The molecule has 4 rings (SSSR count). The van der Waals surface area contributed by atoms with Gasteiger partial charge in [-0.2, -0.15) is 0 Å². The van der Waals surface area contributed by atoms with Gasteiger partial charge in [0.25, 0.3) is 0 Å². The summed E-state index contributed by atoms with van der Waals surface area (Å²) < 4.78 is 0. The average Bonchev–Trinajstić information content (AvgIpc) is 2.88. The number of rotatable bonds is 2.